The number of imidazole rings is 1. The second-order valence-corrected chi connectivity index (χ2v) is 6.24. The number of hydrogen-bond acceptors (Lipinski definition) is 6. The predicted octanol–water partition coefficient (Wildman–Crippen LogP) is 1.72. The molecule has 0 radical (unpaired) electrons. The number of fused-ring (bicyclic) bond motifs is 1. The molecule has 1 aliphatic carbocycles. The zero-order valence-corrected chi connectivity index (χ0v) is 13.6. The summed E-state index contributed by atoms with van der Waals surface area (Å²) in [6.07, 6.45) is 4.06. The van der Waals surface area contributed by atoms with Crippen LogP contribution in [0.1, 0.15) is 30.4 Å². The maximum absolute atomic E-state index is 12.4. The molecule has 1 atom stereocenters. The Hall–Kier alpha value is -2.22. The van der Waals surface area contributed by atoms with Crippen LogP contribution in [0.4, 0.5) is 5.13 Å². The Balaban J connectivity index is 1.56. The lowest BCUT2D eigenvalue weighted by molar-refractivity contribution is -0.142. The minimum Gasteiger partial charge on any atom is -0.466 e. The molecule has 2 N–H and O–H groups in total. The van der Waals surface area contributed by atoms with Crippen LogP contribution in [0.3, 0.4) is 0 Å². The summed E-state index contributed by atoms with van der Waals surface area (Å²) in [5, 5.41) is 5.12. The van der Waals surface area contributed by atoms with Crippen molar-refractivity contribution in [2.24, 2.45) is 5.92 Å². The van der Waals surface area contributed by atoms with Crippen LogP contribution < -0.4 is 5.32 Å². The van der Waals surface area contributed by atoms with E-state index in [1.807, 2.05) is 0 Å². The number of nitrogens with zero attached hydrogens (tertiary/aromatic N) is 2. The Morgan fingerprint density at radius 2 is 2.39 bits per heavy atom. The van der Waals surface area contributed by atoms with Crippen LogP contribution in [0.15, 0.2) is 11.7 Å². The minimum absolute atomic E-state index is 0.0396. The Morgan fingerprint density at radius 3 is 3.22 bits per heavy atom. The fraction of sp³-hybridized carbons (Fsp3) is 0.467. The number of aromatic amines is 1. The average molecular weight is 334 g/mol. The lowest BCUT2D eigenvalue weighted by atomic mass is 9.89. The predicted molar refractivity (Wildman–Crippen MR) is 85.2 cm³/mol. The van der Waals surface area contributed by atoms with Crippen LogP contribution in [0.2, 0.25) is 0 Å². The maximum atomic E-state index is 12.4. The van der Waals surface area contributed by atoms with Crippen molar-refractivity contribution in [1.82, 2.24) is 15.0 Å². The van der Waals surface area contributed by atoms with Gasteiger partial charge in [0.25, 0.3) is 0 Å². The number of anilines is 1. The van der Waals surface area contributed by atoms with Gasteiger partial charge in [-0.25, -0.2) is 9.97 Å². The van der Waals surface area contributed by atoms with Crippen LogP contribution in [0.5, 0.6) is 0 Å². The van der Waals surface area contributed by atoms with E-state index in [9.17, 15) is 9.59 Å². The summed E-state index contributed by atoms with van der Waals surface area (Å²) in [6.45, 7) is 2.11. The molecule has 0 aromatic carbocycles. The molecule has 2 heterocycles. The van der Waals surface area contributed by atoms with E-state index < -0.39 is 0 Å². The fourth-order valence-corrected chi connectivity index (χ4v) is 3.35. The molecule has 1 unspecified atom stereocenters. The zero-order chi connectivity index (χ0) is 16.2. The van der Waals surface area contributed by atoms with Crippen molar-refractivity contribution in [1.29, 1.82) is 0 Å². The molecule has 122 valence electrons. The molecular weight excluding hydrogens is 316 g/mol. The van der Waals surface area contributed by atoms with Gasteiger partial charge in [-0.2, -0.15) is 0 Å². The molecule has 0 bridgehead atoms. The fourth-order valence-electron chi connectivity index (χ4n) is 2.64. The van der Waals surface area contributed by atoms with Crippen LogP contribution in [-0.4, -0.2) is 33.4 Å². The molecule has 8 heteroatoms. The van der Waals surface area contributed by atoms with E-state index in [1.54, 1.807) is 18.6 Å². The normalized spacial score (nSPS) is 16.7. The van der Waals surface area contributed by atoms with Gasteiger partial charge in [0, 0.05) is 23.4 Å². The van der Waals surface area contributed by atoms with E-state index in [4.69, 9.17) is 4.74 Å². The Labute approximate surface area is 137 Å². The van der Waals surface area contributed by atoms with Gasteiger partial charge in [0.15, 0.2) is 5.13 Å². The van der Waals surface area contributed by atoms with Crippen molar-refractivity contribution in [2.75, 3.05) is 11.9 Å². The van der Waals surface area contributed by atoms with Crippen molar-refractivity contribution in [3.8, 4) is 0 Å². The van der Waals surface area contributed by atoms with E-state index in [-0.39, 0.29) is 24.2 Å². The number of aryl methyl sites for hydroxylation is 1. The Morgan fingerprint density at radius 1 is 1.52 bits per heavy atom. The molecule has 0 fully saturated rings. The summed E-state index contributed by atoms with van der Waals surface area (Å²) in [5.74, 6) is -0.433. The van der Waals surface area contributed by atoms with E-state index in [1.165, 1.54) is 11.3 Å². The van der Waals surface area contributed by atoms with Crippen LogP contribution in [0, 0.1) is 5.92 Å². The molecular formula is C15H18N4O3S. The number of aromatic nitrogens is 3. The zero-order valence-electron chi connectivity index (χ0n) is 12.8. The molecule has 0 saturated heterocycles. The number of H-pyrrole nitrogens is 1. The number of amides is 1. The van der Waals surface area contributed by atoms with Gasteiger partial charge in [0.05, 0.1) is 30.7 Å². The second kappa shape index (κ2) is 6.91. The molecule has 0 saturated carbocycles. The third-order valence-electron chi connectivity index (χ3n) is 3.77. The van der Waals surface area contributed by atoms with Gasteiger partial charge in [-0.3, -0.25) is 9.59 Å². The first-order valence-electron chi connectivity index (χ1n) is 7.57. The standard InChI is InChI=1S/C15H18N4O3S/c1-2-22-13(20)6-10-7-23-15(18-10)19-14(21)9-3-4-11-12(5-9)17-8-16-11/h7-9H,2-6H2,1H3,(H,16,17)(H,18,19,21). The highest BCUT2D eigenvalue weighted by atomic mass is 32.1. The number of esters is 1. The molecule has 2 aromatic rings. The van der Waals surface area contributed by atoms with Crippen LogP contribution in [0.25, 0.3) is 0 Å². The Bertz CT molecular complexity index is 709. The second-order valence-electron chi connectivity index (χ2n) is 5.38. The first kappa shape index (κ1) is 15.7. The van der Waals surface area contributed by atoms with Crippen molar-refractivity contribution in [2.45, 2.75) is 32.6 Å². The van der Waals surface area contributed by atoms with Crippen molar-refractivity contribution in [3.05, 3.63) is 28.8 Å². The van der Waals surface area contributed by atoms with Gasteiger partial charge in [-0.15, -0.1) is 11.3 Å². The quantitative estimate of drug-likeness (QED) is 0.812. The van der Waals surface area contributed by atoms with Crippen molar-refractivity contribution < 1.29 is 14.3 Å². The summed E-state index contributed by atoms with van der Waals surface area (Å²) in [7, 11) is 0. The summed E-state index contributed by atoms with van der Waals surface area (Å²) in [5.41, 5.74) is 2.71. The van der Waals surface area contributed by atoms with Crippen LogP contribution >= 0.6 is 11.3 Å². The number of carbonyl (C=O) groups is 2. The number of thiazole rings is 1. The third-order valence-corrected chi connectivity index (χ3v) is 4.58. The van der Waals surface area contributed by atoms with Gasteiger partial charge in [0.2, 0.25) is 5.91 Å². The monoisotopic (exact) mass is 334 g/mol. The summed E-state index contributed by atoms with van der Waals surface area (Å²) in [6, 6.07) is 0. The highest BCUT2D eigenvalue weighted by Crippen LogP contribution is 2.25. The van der Waals surface area contributed by atoms with E-state index in [0.29, 0.717) is 23.9 Å². The first-order valence-corrected chi connectivity index (χ1v) is 8.45. The van der Waals surface area contributed by atoms with Gasteiger partial charge in [0.1, 0.15) is 0 Å². The topological polar surface area (TPSA) is 97.0 Å². The molecule has 1 aliphatic rings. The third kappa shape index (κ3) is 3.76. The maximum Gasteiger partial charge on any atom is 0.311 e. The SMILES string of the molecule is CCOC(=O)Cc1csc(NC(=O)C2CCc3nc[nH]c3C2)n1. The number of ether oxygens (including phenoxy) is 1. The van der Waals surface area contributed by atoms with E-state index in [2.05, 4.69) is 20.3 Å². The number of rotatable bonds is 5. The molecule has 3 rings (SSSR count). The Kier molecular flexibility index (Phi) is 4.71. The van der Waals surface area contributed by atoms with Crippen molar-refractivity contribution in [3.63, 3.8) is 0 Å². The molecule has 0 aliphatic heterocycles. The van der Waals surface area contributed by atoms with Gasteiger partial charge in [-0.05, 0) is 19.8 Å². The number of hydrogen-bond donors (Lipinski definition) is 2. The summed E-state index contributed by atoms with van der Waals surface area (Å²) < 4.78 is 4.89. The highest BCUT2D eigenvalue weighted by Gasteiger charge is 2.26. The first-order chi connectivity index (χ1) is 11.2. The van der Waals surface area contributed by atoms with E-state index >= 15 is 0 Å². The van der Waals surface area contributed by atoms with Gasteiger partial charge in [-0.1, -0.05) is 0 Å². The molecule has 0 spiro atoms. The van der Waals surface area contributed by atoms with Crippen molar-refractivity contribution >= 4 is 28.3 Å². The number of nitrogens with one attached hydrogen (secondary N) is 2. The molecule has 1 amide bonds. The minimum atomic E-state index is -0.310. The smallest absolute Gasteiger partial charge is 0.311 e. The molecule has 2 aromatic heterocycles. The van der Waals surface area contributed by atoms with Crippen LogP contribution in [-0.2, 0) is 33.6 Å². The average Bonchev–Trinajstić information content (AvgIpc) is 3.15. The molecule has 7 nitrogen and oxygen atoms in total. The van der Waals surface area contributed by atoms with E-state index in [0.717, 1.165) is 24.2 Å². The largest absolute Gasteiger partial charge is 0.466 e. The summed E-state index contributed by atoms with van der Waals surface area (Å²) >= 11 is 1.32. The van der Waals surface area contributed by atoms with Gasteiger partial charge < -0.3 is 15.0 Å². The number of carbonyl (C=O) groups excluding carboxylic acids is 2. The molecule has 23 heavy (non-hydrogen) atoms. The van der Waals surface area contributed by atoms with Gasteiger partial charge >= 0.3 is 5.97 Å². The summed E-state index contributed by atoms with van der Waals surface area (Å²) in [4.78, 5) is 35.4. The highest BCUT2D eigenvalue weighted by molar-refractivity contribution is 7.13. The lowest BCUT2D eigenvalue weighted by Gasteiger charge is -2.19. The lowest BCUT2D eigenvalue weighted by Crippen LogP contribution is -2.28.